The van der Waals surface area contributed by atoms with E-state index < -0.39 is 0 Å². The predicted molar refractivity (Wildman–Crippen MR) is 122 cm³/mol. The summed E-state index contributed by atoms with van der Waals surface area (Å²) in [5, 5.41) is 0. The van der Waals surface area contributed by atoms with Crippen molar-refractivity contribution in [3.8, 4) is 0 Å². The van der Waals surface area contributed by atoms with Gasteiger partial charge in [-0.3, -0.25) is 14.5 Å². The molecule has 31 heavy (non-hydrogen) atoms. The molecule has 0 saturated heterocycles. The van der Waals surface area contributed by atoms with Crippen LogP contribution in [0, 0.1) is 13.8 Å². The Morgan fingerprint density at radius 1 is 0.839 bits per heavy atom. The van der Waals surface area contributed by atoms with E-state index in [1.807, 2.05) is 6.07 Å². The normalized spacial score (nSPS) is 19.9. The number of nitrogens with zero attached hydrogens (tertiary/aromatic N) is 2. The van der Waals surface area contributed by atoms with E-state index in [9.17, 15) is 9.59 Å². The lowest BCUT2D eigenvalue weighted by atomic mass is 9.94. The molecule has 4 heteroatoms. The summed E-state index contributed by atoms with van der Waals surface area (Å²) in [4.78, 5) is 31.2. The van der Waals surface area contributed by atoms with E-state index in [0.29, 0.717) is 17.8 Å². The fraction of sp³-hybridized carbons (Fsp3) is 0.407. The van der Waals surface area contributed by atoms with E-state index in [-0.39, 0.29) is 17.9 Å². The molecule has 2 aromatic carbocycles. The Bertz CT molecular complexity index is 1080. The van der Waals surface area contributed by atoms with Crippen molar-refractivity contribution in [2.24, 2.45) is 0 Å². The Morgan fingerprint density at radius 2 is 1.58 bits per heavy atom. The van der Waals surface area contributed by atoms with E-state index in [1.54, 1.807) is 4.90 Å². The van der Waals surface area contributed by atoms with Crippen LogP contribution in [0.3, 0.4) is 0 Å². The number of amides is 2. The Balaban J connectivity index is 1.59. The van der Waals surface area contributed by atoms with Crippen LogP contribution in [-0.2, 0) is 22.6 Å². The molecular formula is C27H30N2O2. The molecule has 3 aliphatic rings. The van der Waals surface area contributed by atoms with Gasteiger partial charge in [-0.15, -0.1) is 0 Å². The smallest absolute Gasteiger partial charge is 0.278 e. The summed E-state index contributed by atoms with van der Waals surface area (Å²) < 4.78 is 0. The lowest BCUT2D eigenvalue weighted by Gasteiger charge is -2.33. The van der Waals surface area contributed by atoms with Crippen LogP contribution in [0.5, 0.6) is 0 Å². The monoisotopic (exact) mass is 414 g/mol. The number of hydrogen-bond donors (Lipinski definition) is 0. The second kappa shape index (κ2) is 7.99. The zero-order valence-corrected chi connectivity index (χ0v) is 18.5. The second-order valence-corrected chi connectivity index (χ2v) is 9.24. The third-order valence-corrected chi connectivity index (χ3v) is 7.27. The van der Waals surface area contributed by atoms with Crippen molar-refractivity contribution in [3.05, 3.63) is 76.0 Å². The van der Waals surface area contributed by atoms with Gasteiger partial charge in [0.15, 0.2) is 0 Å². The zero-order chi connectivity index (χ0) is 21.5. The van der Waals surface area contributed by atoms with Crippen LogP contribution in [-0.4, -0.2) is 34.2 Å². The summed E-state index contributed by atoms with van der Waals surface area (Å²) in [5.74, 6) is -0.196. The maximum absolute atomic E-state index is 13.8. The van der Waals surface area contributed by atoms with Gasteiger partial charge < -0.3 is 4.90 Å². The minimum Gasteiger partial charge on any atom is -0.362 e. The first-order valence-corrected chi connectivity index (χ1v) is 11.6. The summed E-state index contributed by atoms with van der Waals surface area (Å²) in [5.41, 5.74) is 6.99. The average molecular weight is 415 g/mol. The van der Waals surface area contributed by atoms with Crippen LogP contribution < -0.4 is 0 Å². The molecule has 1 aliphatic carbocycles. The van der Waals surface area contributed by atoms with Crippen molar-refractivity contribution in [1.82, 2.24) is 9.80 Å². The maximum atomic E-state index is 13.8. The van der Waals surface area contributed by atoms with Crippen molar-refractivity contribution < 1.29 is 9.59 Å². The van der Waals surface area contributed by atoms with Crippen LogP contribution in [0.4, 0.5) is 0 Å². The Hall–Kier alpha value is -2.88. The highest BCUT2D eigenvalue weighted by Crippen LogP contribution is 2.38. The average Bonchev–Trinajstić information content (AvgIpc) is 3.06. The molecule has 4 nitrogen and oxygen atoms in total. The van der Waals surface area contributed by atoms with Crippen molar-refractivity contribution in [1.29, 1.82) is 0 Å². The number of hydrogen-bond acceptors (Lipinski definition) is 3. The third-order valence-electron chi connectivity index (χ3n) is 7.27. The molecule has 0 bridgehead atoms. The van der Waals surface area contributed by atoms with Crippen LogP contribution in [0.15, 0.2) is 48.2 Å². The van der Waals surface area contributed by atoms with Crippen LogP contribution in [0.2, 0.25) is 0 Å². The predicted octanol–water partition coefficient (Wildman–Crippen LogP) is 4.77. The van der Waals surface area contributed by atoms with E-state index in [0.717, 1.165) is 49.8 Å². The fourth-order valence-corrected chi connectivity index (χ4v) is 5.34. The van der Waals surface area contributed by atoms with Crippen molar-refractivity contribution in [2.75, 3.05) is 6.54 Å². The number of imide groups is 1. The molecule has 2 amide bonds. The number of carbonyl (C=O) groups excluding carboxylic acids is 2. The first kappa shape index (κ1) is 20.0. The molecule has 2 aliphatic heterocycles. The molecule has 160 valence electrons. The van der Waals surface area contributed by atoms with Crippen molar-refractivity contribution >= 4 is 17.4 Å². The van der Waals surface area contributed by atoms with Gasteiger partial charge in [-0.1, -0.05) is 61.7 Å². The third kappa shape index (κ3) is 3.48. The molecule has 5 rings (SSSR count). The molecule has 0 N–H and O–H groups in total. The van der Waals surface area contributed by atoms with Crippen LogP contribution in [0.25, 0.3) is 5.57 Å². The van der Waals surface area contributed by atoms with Gasteiger partial charge >= 0.3 is 0 Å². The van der Waals surface area contributed by atoms with Crippen LogP contribution >= 0.6 is 0 Å². The zero-order valence-electron chi connectivity index (χ0n) is 18.5. The van der Waals surface area contributed by atoms with Gasteiger partial charge in [0.2, 0.25) is 0 Å². The Kier molecular flexibility index (Phi) is 5.17. The summed E-state index contributed by atoms with van der Waals surface area (Å²) >= 11 is 0. The SMILES string of the molecule is Cc1ccc(C2=C(N3CCc4ccccc4C3)C(=O)N(C3CCCCC3)C2=O)cc1C. The Morgan fingerprint density at radius 3 is 2.32 bits per heavy atom. The molecule has 0 radical (unpaired) electrons. The second-order valence-electron chi connectivity index (χ2n) is 9.24. The highest BCUT2D eigenvalue weighted by Gasteiger charge is 2.45. The van der Waals surface area contributed by atoms with E-state index >= 15 is 0 Å². The number of benzene rings is 2. The minimum absolute atomic E-state index is 0.0323. The highest BCUT2D eigenvalue weighted by molar-refractivity contribution is 6.35. The van der Waals surface area contributed by atoms with Gasteiger partial charge in [-0.2, -0.15) is 0 Å². The maximum Gasteiger partial charge on any atom is 0.278 e. The molecule has 1 fully saturated rings. The highest BCUT2D eigenvalue weighted by atomic mass is 16.2. The van der Waals surface area contributed by atoms with Gasteiger partial charge in [0.1, 0.15) is 5.70 Å². The lowest BCUT2D eigenvalue weighted by Crippen LogP contribution is -2.44. The topological polar surface area (TPSA) is 40.6 Å². The first-order valence-electron chi connectivity index (χ1n) is 11.6. The Labute approximate surface area is 184 Å². The van der Waals surface area contributed by atoms with E-state index in [4.69, 9.17) is 0 Å². The van der Waals surface area contributed by atoms with Gasteiger partial charge in [-0.25, -0.2) is 0 Å². The molecule has 2 heterocycles. The number of carbonyl (C=O) groups is 2. The molecule has 2 aromatic rings. The largest absolute Gasteiger partial charge is 0.362 e. The molecule has 1 saturated carbocycles. The summed E-state index contributed by atoms with van der Waals surface area (Å²) in [6.07, 6.45) is 6.12. The van der Waals surface area contributed by atoms with Crippen molar-refractivity contribution in [3.63, 3.8) is 0 Å². The van der Waals surface area contributed by atoms with Crippen molar-refractivity contribution in [2.45, 2.75) is 65.0 Å². The van der Waals surface area contributed by atoms with Gasteiger partial charge in [0.05, 0.1) is 5.57 Å². The van der Waals surface area contributed by atoms with Gasteiger partial charge in [-0.05, 0) is 60.9 Å². The summed E-state index contributed by atoms with van der Waals surface area (Å²) in [6, 6.07) is 14.6. The first-order chi connectivity index (χ1) is 15.0. The molecular weight excluding hydrogens is 384 g/mol. The number of aryl methyl sites for hydroxylation is 2. The van der Waals surface area contributed by atoms with Gasteiger partial charge in [0.25, 0.3) is 11.8 Å². The standard InChI is InChI=1S/C27H30N2O2/c1-18-12-13-21(16-19(18)2)24-25(28-15-14-20-8-6-7-9-22(20)17-28)27(31)29(26(24)30)23-10-4-3-5-11-23/h6-9,12-13,16,23H,3-5,10-11,14-15,17H2,1-2H3. The van der Waals surface area contributed by atoms with E-state index in [1.165, 1.54) is 23.1 Å². The number of rotatable bonds is 3. The molecule has 0 atom stereocenters. The molecule has 0 aromatic heterocycles. The lowest BCUT2D eigenvalue weighted by molar-refractivity contribution is -0.141. The van der Waals surface area contributed by atoms with Crippen LogP contribution in [0.1, 0.15) is 59.9 Å². The molecule has 0 spiro atoms. The quantitative estimate of drug-likeness (QED) is 0.679. The summed E-state index contributed by atoms with van der Waals surface area (Å²) in [6.45, 7) is 5.58. The summed E-state index contributed by atoms with van der Waals surface area (Å²) in [7, 11) is 0. The van der Waals surface area contributed by atoms with E-state index in [2.05, 4.69) is 55.1 Å². The number of fused-ring (bicyclic) bond motifs is 1. The minimum atomic E-state index is -0.103. The van der Waals surface area contributed by atoms with Gasteiger partial charge in [0, 0.05) is 19.1 Å². The fourth-order valence-electron chi connectivity index (χ4n) is 5.34. The molecule has 0 unspecified atom stereocenters.